The third-order valence-electron chi connectivity index (χ3n) is 1.81. The molecular weight excluding hydrogens is 273 g/mol. The number of carbonyl (C=O) groups excluding carboxylic acids is 1. The Kier molecular flexibility index (Phi) is 4.18. The number of hydrogen-bond acceptors (Lipinski definition) is 3. The summed E-state index contributed by atoms with van der Waals surface area (Å²) in [5, 5.41) is 2.86. The number of hydrogen-bond donors (Lipinski definition) is 1. The minimum absolute atomic E-state index is 0.0488. The fourth-order valence-electron chi connectivity index (χ4n) is 1.14. The molecule has 0 aromatic heterocycles. The first-order chi connectivity index (χ1) is 7.30. The number of nitrogens with one attached hydrogen (secondary N) is 1. The predicted octanol–water partition coefficient (Wildman–Crippen LogP) is 1.90. The van der Waals surface area contributed by atoms with Crippen LogP contribution in [0.1, 0.15) is 12.5 Å². The fourth-order valence-corrected chi connectivity index (χ4v) is 2.46. The highest BCUT2D eigenvalue weighted by molar-refractivity contribution is 8.13. The normalized spacial score (nSPS) is 11.2. The zero-order valence-electron chi connectivity index (χ0n) is 8.33. The molecule has 1 N–H and O–H groups in total. The van der Waals surface area contributed by atoms with E-state index in [2.05, 4.69) is 5.32 Å². The van der Waals surface area contributed by atoms with Crippen LogP contribution in [0.4, 0.5) is 0 Å². The van der Waals surface area contributed by atoms with E-state index in [0.29, 0.717) is 10.6 Å². The Bertz CT molecular complexity index is 513. The minimum Gasteiger partial charge on any atom is -0.352 e. The molecule has 0 unspecified atom stereocenters. The Labute approximate surface area is 103 Å². The van der Waals surface area contributed by atoms with Crippen LogP contribution in [-0.2, 0) is 20.4 Å². The highest BCUT2D eigenvalue weighted by Crippen LogP contribution is 2.23. The van der Waals surface area contributed by atoms with Crippen molar-refractivity contribution in [3.8, 4) is 0 Å². The SMILES string of the molecule is CC(=O)NCc1cc(Cl)ccc1S(=O)(=O)Cl. The van der Waals surface area contributed by atoms with Crippen molar-refractivity contribution in [3.63, 3.8) is 0 Å². The second kappa shape index (κ2) is 5.03. The Morgan fingerprint density at radius 1 is 1.44 bits per heavy atom. The summed E-state index contributed by atoms with van der Waals surface area (Å²) in [7, 11) is 1.41. The molecule has 16 heavy (non-hydrogen) atoms. The van der Waals surface area contributed by atoms with Gasteiger partial charge in [0.2, 0.25) is 5.91 Å². The topological polar surface area (TPSA) is 63.2 Å². The van der Waals surface area contributed by atoms with Crippen molar-refractivity contribution < 1.29 is 13.2 Å². The Morgan fingerprint density at radius 2 is 2.06 bits per heavy atom. The molecular formula is C9H9Cl2NO3S. The van der Waals surface area contributed by atoms with Gasteiger partial charge in [0.05, 0.1) is 4.90 Å². The number of amides is 1. The van der Waals surface area contributed by atoms with Gasteiger partial charge in [-0.05, 0) is 23.8 Å². The third kappa shape index (κ3) is 3.66. The van der Waals surface area contributed by atoms with Gasteiger partial charge in [-0.25, -0.2) is 8.42 Å². The number of benzene rings is 1. The molecule has 0 saturated heterocycles. The molecule has 0 heterocycles. The molecule has 0 saturated carbocycles. The van der Waals surface area contributed by atoms with Crippen LogP contribution in [-0.4, -0.2) is 14.3 Å². The molecule has 0 spiro atoms. The van der Waals surface area contributed by atoms with E-state index in [0.717, 1.165) is 0 Å². The van der Waals surface area contributed by atoms with E-state index in [1.54, 1.807) is 0 Å². The zero-order valence-corrected chi connectivity index (χ0v) is 10.7. The van der Waals surface area contributed by atoms with E-state index in [-0.39, 0.29) is 17.3 Å². The lowest BCUT2D eigenvalue weighted by atomic mass is 10.2. The molecule has 7 heteroatoms. The molecule has 0 radical (unpaired) electrons. The van der Waals surface area contributed by atoms with E-state index in [4.69, 9.17) is 22.3 Å². The van der Waals surface area contributed by atoms with Crippen molar-refractivity contribution in [1.29, 1.82) is 0 Å². The van der Waals surface area contributed by atoms with Crippen LogP contribution in [0.3, 0.4) is 0 Å². The van der Waals surface area contributed by atoms with Gasteiger partial charge in [0, 0.05) is 29.2 Å². The van der Waals surface area contributed by atoms with Gasteiger partial charge in [-0.15, -0.1) is 0 Å². The van der Waals surface area contributed by atoms with E-state index in [1.165, 1.54) is 25.1 Å². The van der Waals surface area contributed by atoms with Gasteiger partial charge < -0.3 is 5.32 Å². The highest BCUT2D eigenvalue weighted by atomic mass is 35.7. The van der Waals surface area contributed by atoms with E-state index in [1.807, 2.05) is 0 Å². The molecule has 0 aliphatic rings. The third-order valence-corrected chi connectivity index (χ3v) is 3.47. The van der Waals surface area contributed by atoms with Gasteiger partial charge in [0.1, 0.15) is 0 Å². The van der Waals surface area contributed by atoms with E-state index >= 15 is 0 Å². The Balaban J connectivity index is 3.14. The predicted molar refractivity (Wildman–Crippen MR) is 62.0 cm³/mol. The summed E-state index contributed by atoms with van der Waals surface area (Å²) in [5.41, 5.74) is 0.359. The van der Waals surface area contributed by atoms with Gasteiger partial charge >= 0.3 is 0 Å². The second-order valence-electron chi connectivity index (χ2n) is 3.10. The molecule has 1 amide bonds. The molecule has 4 nitrogen and oxygen atoms in total. The minimum atomic E-state index is -3.84. The standard InChI is InChI=1S/C9H9Cl2NO3S/c1-6(13)12-5-7-4-8(10)2-3-9(7)16(11,14)15/h2-4H,5H2,1H3,(H,12,13). The smallest absolute Gasteiger partial charge is 0.261 e. The average Bonchev–Trinajstić information content (AvgIpc) is 2.12. The monoisotopic (exact) mass is 281 g/mol. The van der Waals surface area contributed by atoms with Gasteiger partial charge in [-0.3, -0.25) is 4.79 Å². The van der Waals surface area contributed by atoms with Crippen molar-refractivity contribution >= 4 is 37.2 Å². The van der Waals surface area contributed by atoms with Gasteiger partial charge in [0.15, 0.2) is 0 Å². The summed E-state index contributed by atoms with van der Waals surface area (Å²) in [5.74, 6) is -0.266. The van der Waals surface area contributed by atoms with Crippen LogP contribution in [0.5, 0.6) is 0 Å². The lowest BCUT2D eigenvalue weighted by Crippen LogP contribution is -2.20. The summed E-state index contributed by atoms with van der Waals surface area (Å²) < 4.78 is 22.4. The lowest BCUT2D eigenvalue weighted by molar-refractivity contribution is -0.119. The lowest BCUT2D eigenvalue weighted by Gasteiger charge is -2.07. The van der Waals surface area contributed by atoms with Crippen LogP contribution < -0.4 is 5.32 Å². The molecule has 0 atom stereocenters. The molecule has 0 aliphatic heterocycles. The van der Waals surface area contributed by atoms with Crippen LogP contribution in [0.15, 0.2) is 23.1 Å². The Hall–Kier alpha value is -0.780. The Morgan fingerprint density at radius 3 is 2.56 bits per heavy atom. The molecule has 0 bridgehead atoms. The van der Waals surface area contributed by atoms with Crippen molar-refractivity contribution in [3.05, 3.63) is 28.8 Å². The molecule has 1 aromatic rings. The average molecular weight is 282 g/mol. The first kappa shape index (κ1) is 13.3. The highest BCUT2D eigenvalue weighted by Gasteiger charge is 2.15. The summed E-state index contributed by atoms with van der Waals surface area (Å²) in [6, 6.07) is 4.18. The maximum Gasteiger partial charge on any atom is 0.261 e. The summed E-state index contributed by atoms with van der Waals surface area (Å²) in [4.78, 5) is 10.7. The van der Waals surface area contributed by atoms with Gasteiger partial charge in [-0.1, -0.05) is 11.6 Å². The quantitative estimate of drug-likeness (QED) is 0.861. The van der Waals surface area contributed by atoms with E-state index < -0.39 is 9.05 Å². The zero-order chi connectivity index (χ0) is 12.3. The van der Waals surface area contributed by atoms with Gasteiger partial charge in [-0.2, -0.15) is 0 Å². The van der Waals surface area contributed by atoms with Crippen molar-refractivity contribution in [2.75, 3.05) is 0 Å². The second-order valence-corrected chi connectivity index (χ2v) is 6.07. The molecule has 0 aliphatic carbocycles. The van der Waals surface area contributed by atoms with E-state index in [9.17, 15) is 13.2 Å². The van der Waals surface area contributed by atoms with Crippen molar-refractivity contribution in [1.82, 2.24) is 5.32 Å². The molecule has 88 valence electrons. The number of halogens is 2. The molecule has 0 fully saturated rings. The first-order valence-electron chi connectivity index (χ1n) is 4.28. The van der Waals surface area contributed by atoms with Crippen molar-refractivity contribution in [2.45, 2.75) is 18.4 Å². The maximum absolute atomic E-state index is 11.2. The summed E-state index contributed by atoms with van der Waals surface area (Å²) in [6.45, 7) is 1.40. The molecule has 1 aromatic carbocycles. The van der Waals surface area contributed by atoms with Crippen LogP contribution in [0, 0.1) is 0 Å². The van der Waals surface area contributed by atoms with Gasteiger partial charge in [0.25, 0.3) is 9.05 Å². The van der Waals surface area contributed by atoms with Crippen LogP contribution in [0.2, 0.25) is 5.02 Å². The number of rotatable bonds is 3. The first-order valence-corrected chi connectivity index (χ1v) is 6.97. The largest absolute Gasteiger partial charge is 0.352 e. The van der Waals surface area contributed by atoms with Crippen molar-refractivity contribution in [2.24, 2.45) is 0 Å². The summed E-state index contributed by atoms with van der Waals surface area (Å²) >= 11 is 5.73. The maximum atomic E-state index is 11.2. The van der Waals surface area contributed by atoms with Crippen LogP contribution >= 0.6 is 22.3 Å². The number of carbonyl (C=O) groups is 1. The fraction of sp³-hybridized carbons (Fsp3) is 0.222. The summed E-state index contributed by atoms with van der Waals surface area (Å²) in [6.07, 6.45) is 0. The van der Waals surface area contributed by atoms with Crippen LogP contribution in [0.25, 0.3) is 0 Å². The molecule has 1 rings (SSSR count).